The number of carbonyl (C=O) groups excluding carboxylic acids is 1. The van der Waals surface area contributed by atoms with E-state index in [1.54, 1.807) is 6.92 Å². The van der Waals surface area contributed by atoms with Gasteiger partial charge in [0.25, 0.3) is 0 Å². The Balaban J connectivity index is 3.91. The first-order valence-electron chi connectivity index (χ1n) is 5.05. The summed E-state index contributed by atoms with van der Waals surface area (Å²) in [5.41, 5.74) is -0.374. The number of carbonyl (C=O) groups is 1. The predicted molar refractivity (Wildman–Crippen MR) is 55.0 cm³/mol. The van der Waals surface area contributed by atoms with Crippen LogP contribution < -0.4 is 5.32 Å². The summed E-state index contributed by atoms with van der Waals surface area (Å²) in [4.78, 5) is 10.9. The lowest BCUT2D eigenvalue weighted by Gasteiger charge is -2.26. The van der Waals surface area contributed by atoms with Gasteiger partial charge in [-0.2, -0.15) is 0 Å². The van der Waals surface area contributed by atoms with E-state index in [1.165, 1.54) is 0 Å². The molecule has 0 rings (SSSR count). The van der Waals surface area contributed by atoms with E-state index in [0.29, 0.717) is 13.0 Å². The van der Waals surface area contributed by atoms with Crippen LogP contribution in [0.5, 0.6) is 0 Å². The van der Waals surface area contributed by atoms with Crippen molar-refractivity contribution in [3.63, 3.8) is 0 Å². The van der Waals surface area contributed by atoms with Crippen molar-refractivity contribution in [2.75, 3.05) is 26.3 Å². The van der Waals surface area contributed by atoms with Crippen molar-refractivity contribution >= 4 is 5.97 Å². The molecule has 0 heterocycles. The zero-order chi connectivity index (χ0) is 11.0. The molecule has 1 unspecified atom stereocenters. The van der Waals surface area contributed by atoms with Gasteiger partial charge in [0.05, 0.1) is 6.61 Å². The van der Waals surface area contributed by atoms with Crippen molar-refractivity contribution in [2.24, 2.45) is 5.41 Å². The molecule has 4 heteroatoms. The van der Waals surface area contributed by atoms with Crippen LogP contribution in [0.4, 0.5) is 0 Å². The van der Waals surface area contributed by atoms with E-state index in [9.17, 15) is 4.79 Å². The summed E-state index contributed by atoms with van der Waals surface area (Å²) in [5.74, 6) is -0.221. The Bertz CT molecular complexity index is 173. The largest absolute Gasteiger partial charge is 0.465 e. The molecule has 0 aromatic rings. The molecule has 0 fully saturated rings. The molecule has 0 spiro atoms. The number of ether oxygens (including phenoxy) is 1. The topological polar surface area (TPSA) is 58.6 Å². The van der Waals surface area contributed by atoms with E-state index in [1.807, 2.05) is 13.8 Å². The quantitative estimate of drug-likeness (QED) is 0.593. The molecule has 0 bridgehead atoms. The van der Waals surface area contributed by atoms with Gasteiger partial charge in [-0.05, 0) is 6.54 Å². The molecule has 1 atom stereocenters. The summed E-state index contributed by atoms with van der Waals surface area (Å²) in [6, 6.07) is 0. The number of rotatable bonds is 7. The van der Waals surface area contributed by atoms with Crippen LogP contribution in [-0.2, 0) is 9.53 Å². The first-order chi connectivity index (χ1) is 6.58. The third-order valence-electron chi connectivity index (χ3n) is 2.05. The number of aliphatic hydroxyl groups is 1. The molecule has 0 saturated carbocycles. The Morgan fingerprint density at radius 1 is 1.50 bits per heavy atom. The summed E-state index contributed by atoms with van der Waals surface area (Å²) < 4.78 is 5.01. The van der Waals surface area contributed by atoms with Gasteiger partial charge in [0.15, 0.2) is 0 Å². The average Bonchev–Trinajstić information content (AvgIpc) is 2.23. The Morgan fingerprint density at radius 2 is 2.14 bits per heavy atom. The maximum atomic E-state index is 10.9. The van der Waals surface area contributed by atoms with Crippen LogP contribution >= 0.6 is 0 Å². The maximum Gasteiger partial charge on any atom is 0.305 e. The summed E-state index contributed by atoms with van der Waals surface area (Å²) >= 11 is 0. The Kier molecular flexibility index (Phi) is 6.49. The van der Waals surface area contributed by atoms with Crippen LogP contribution in [0.15, 0.2) is 0 Å². The van der Waals surface area contributed by atoms with Crippen molar-refractivity contribution < 1.29 is 14.6 Å². The summed E-state index contributed by atoms with van der Waals surface area (Å²) in [7, 11) is 0. The highest BCUT2D eigenvalue weighted by Crippen LogP contribution is 2.14. The number of hydrogen-bond acceptors (Lipinski definition) is 4. The molecule has 0 aromatic heterocycles. The lowest BCUT2D eigenvalue weighted by Crippen LogP contribution is -2.39. The molecule has 0 saturated heterocycles. The van der Waals surface area contributed by atoms with E-state index in [-0.39, 0.29) is 24.6 Å². The second-order valence-corrected chi connectivity index (χ2v) is 3.76. The summed E-state index contributed by atoms with van der Waals surface area (Å²) in [5, 5.41) is 12.3. The summed E-state index contributed by atoms with van der Waals surface area (Å²) in [6.07, 6.45) is 0.378. The smallest absolute Gasteiger partial charge is 0.305 e. The monoisotopic (exact) mass is 203 g/mol. The SMILES string of the molecule is CCNCC(C)(CO)COC(=O)CC. The number of hydrogen-bond donors (Lipinski definition) is 2. The predicted octanol–water partition coefficient (Wildman–Crippen LogP) is 0.548. The fourth-order valence-electron chi connectivity index (χ4n) is 0.936. The molecule has 0 aliphatic rings. The minimum absolute atomic E-state index is 0.0109. The Labute approximate surface area is 85.6 Å². The fraction of sp³-hybridized carbons (Fsp3) is 0.900. The summed E-state index contributed by atoms with van der Waals surface area (Å²) in [6.45, 7) is 7.41. The van der Waals surface area contributed by atoms with Gasteiger partial charge in [-0.15, -0.1) is 0 Å². The van der Waals surface area contributed by atoms with E-state index < -0.39 is 0 Å². The highest BCUT2D eigenvalue weighted by Gasteiger charge is 2.24. The zero-order valence-electron chi connectivity index (χ0n) is 9.30. The van der Waals surface area contributed by atoms with Gasteiger partial charge in [0.2, 0.25) is 0 Å². The van der Waals surface area contributed by atoms with Crippen LogP contribution in [0, 0.1) is 5.41 Å². The van der Waals surface area contributed by atoms with Crippen molar-refractivity contribution in [1.82, 2.24) is 5.32 Å². The first-order valence-corrected chi connectivity index (χ1v) is 5.05. The normalized spacial score (nSPS) is 14.9. The van der Waals surface area contributed by atoms with Crippen LogP contribution in [-0.4, -0.2) is 37.4 Å². The second kappa shape index (κ2) is 6.79. The number of esters is 1. The third kappa shape index (κ3) is 5.19. The molecule has 0 aliphatic heterocycles. The first kappa shape index (κ1) is 13.4. The van der Waals surface area contributed by atoms with Crippen LogP contribution in [0.3, 0.4) is 0 Å². The van der Waals surface area contributed by atoms with Gasteiger partial charge in [0, 0.05) is 18.4 Å². The lowest BCUT2D eigenvalue weighted by atomic mass is 9.93. The highest BCUT2D eigenvalue weighted by molar-refractivity contribution is 5.68. The fourth-order valence-corrected chi connectivity index (χ4v) is 0.936. The van der Waals surface area contributed by atoms with Crippen LogP contribution in [0.2, 0.25) is 0 Å². The number of nitrogens with one attached hydrogen (secondary N) is 1. The number of aliphatic hydroxyl groups excluding tert-OH is 1. The lowest BCUT2D eigenvalue weighted by molar-refractivity contribution is -0.147. The zero-order valence-corrected chi connectivity index (χ0v) is 9.30. The van der Waals surface area contributed by atoms with Crippen LogP contribution in [0.25, 0.3) is 0 Å². The Morgan fingerprint density at radius 3 is 2.57 bits per heavy atom. The van der Waals surface area contributed by atoms with Gasteiger partial charge in [-0.3, -0.25) is 4.79 Å². The molecular weight excluding hydrogens is 182 g/mol. The standard InChI is InChI=1S/C10H21NO3/c1-4-9(13)14-8-10(3,7-12)6-11-5-2/h11-12H,4-8H2,1-3H3. The van der Waals surface area contributed by atoms with E-state index in [0.717, 1.165) is 6.54 Å². The van der Waals surface area contributed by atoms with E-state index >= 15 is 0 Å². The van der Waals surface area contributed by atoms with Gasteiger partial charge in [0.1, 0.15) is 6.61 Å². The molecular formula is C10H21NO3. The van der Waals surface area contributed by atoms with Gasteiger partial charge < -0.3 is 15.2 Å². The van der Waals surface area contributed by atoms with Gasteiger partial charge in [-0.1, -0.05) is 20.8 Å². The minimum Gasteiger partial charge on any atom is -0.465 e. The van der Waals surface area contributed by atoms with E-state index in [4.69, 9.17) is 9.84 Å². The molecule has 0 aromatic carbocycles. The minimum atomic E-state index is -0.374. The van der Waals surface area contributed by atoms with Gasteiger partial charge in [-0.25, -0.2) is 0 Å². The highest BCUT2D eigenvalue weighted by atomic mass is 16.5. The molecule has 4 nitrogen and oxygen atoms in total. The molecule has 2 N–H and O–H groups in total. The van der Waals surface area contributed by atoms with Crippen LogP contribution in [0.1, 0.15) is 27.2 Å². The third-order valence-corrected chi connectivity index (χ3v) is 2.05. The average molecular weight is 203 g/mol. The van der Waals surface area contributed by atoms with Crippen molar-refractivity contribution in [1.29, 1.82) is 0 Å². The van der Waals surface area contributed by atoms with Gasteiger partial charge >= 0.3 is 5.97 Å². The maximum absolute atomic E-state index is 10.9. The van der Waals surface area contributed by atoms with E-state index in [2.05, 4.69) is 5.32 Å². The second-order valence-electron chi connectivity index (χ2n) is 3.76. The Hall–Kier alpha value is -0.610. The molecule has 0 radical (unpaired) electrons. The molecule has 0 amide bonds. The van der Waals surface area contributed by atoms with Crippen molar-refractivity contribution in [3.05, 3.63) is 0 Å². The molecule has 0 aliphatic carbocycles. The van der Waals surface area contributed by atoms with Crippen molar-refractivity contribution in [2.45, 2.75) is 27.2 Å². The molecule has 14 heavy (non-hydrogen) atoms. The molecule has 84 valence electrons. The van der Waals surface area contributed by atoms with Crippen molar-refractivity contribution in [3.8, 4) is 0 Å².